The van der Waals surface area contributed by atoms with Crippen LogP contribution in [0.25, 0.3) is 0 Å². The lowest BCUT2D eigenvalue weighted by atomic mass is 10.0. The van der Waals surface area contributed by atoms with Crippen LogP contribution in [0.3, 0.4) is 0 Å². The number of aryl methyl sites for hydroxylation is 1. The van der Waals surface area contributed by atoms with Gasteiger partial charge in [-0.25, -0.2) is 4.79 Å². The van der Waals surface area contributed by atoms with Gasteiger partial charge in [0.1, 0.15) is 17.1 Å². The Morgan fingerprint density at radius 2 is 1.83 bits per heavy atom. The molecule has 0 saturated carbocycles. The van der Waals surface area contributed by atoms with E-state index in [0.717, 1.165) is 19.3 Å². The number of aromatic carboxylic acids is 1. The fraction of sp³-hybridized carbons (Fsp3) is 0.450. The van der Waals surface area contributed by atoms with Crippen LogP contribution in [0.4, 0.5) is 0 Å². The van der Waals surface area contributed by atoms with E-state index in [1.165, 1.54) is 11.1 Å². The van der Waals surface area contributed by atoms with Crippen LogP contribution in [-0.4, -0.2) is 22.8 Å². The summed E-state index contributed by atoms with van der Waals surface area (Å²) < 4.78 is 5.72. The van der Waals surface area contributed by atoms with E-state index < -0.39 is 5.97 Å². The molecule has 2 N–H and O–H groups in total. The van der Waals surface area contributed by atoms with E-state index in [-0.39, 0.29) is 11.3 Å². The third-order valence-electron chi connectivity index (χ3n) is 3.88. The molecular weight excluding hydrogens is 304 g/mol. The average Bonchev–Trinajstić information content (AvgIpc) is 2.47. The molecule has 0 heterocycles. The summed E-state index contributed by atoms with van der Waals surface area (Å²) in [6.07, 6.45) is 7.26. The molecule has 0 aliphatic rings. The van der Waals surface area contributed by atoms with Gasteiger partial charge in [0, 0.05) is 5.56 Å². The van der Waals surface area contributed by atoms with Crippen LogP contribution in [0.5, 0.6) is 11.5 Å². The van der Waals surface area contributed by atoms with Crippen LogP contribution in [0.15, 0.2) is 29.4 Å². The fourth-order valence-corrected chi connectivity index (χ4v) is 2.45. The van der Waals surface area contributed by atoms with Crippen molar-refractivity contribution in [2.45, 2.75) is 53.9 Å². The summed E-state index contributed by atoms with van der Waals surface area (Å²) in [6, 6.07) is 1.67. The Labute approximate surface area is 144 Å². The van der Waals surface area contributed by atoms with Gasteiger partial charge in [0.05, 0.1) is 6.61 Å². The van der Waals surface area contributed by atoms with Gasteiger partial charge >= 0.3 is 5.97 Å². The third kappa shape index (κ3) is 5.76. The maximum atomic E-state index is 11.2. The van der Waals surface area contributed by atoms with E-state index in [0.29, 0.717) is 23.5 Å². The normalized spacial score (nSPS) is 11.3. The molecule has 0 amide bonds. The second-order valence-corrected chi connectivity index (χ2v) is 6.35. The van der Waals surface area contributed by atoms with Crippen molar-refractivity contribution in [2.24, 2.45) is 0 Å². The quantitative estimate of drug-likeness (QED) is 0.509. The first-order chi connectivity index (χ1) is 11.2. The van der Waals surface area contributed by atoms with Gasteiger partial charge < -0.3 is 14.9 Å². The zero-order valence-electron chi connectivity index (χ0n) is 15.3. The summed E-state index contributed by atoms with van der Waals surface area (Å²) in [6.45, 7) is 10.1. The van der Waals surface area contributed by atoms with Crippen LogP contribution in [-0.2, 0) is 0 Å². The lowest BCUT2D eigenvalue weighted by Crippen LogP contribution is -2.05. The van der Waals surface area contributed by atoms with Gasteiger partial charge in [-0.3, -0.25) is 0 Å². The summed E-state index contributed by atoms with van der Waals surface area (Å²) in [5.74, 6) is -0.814. The minimum Gasteiger partial charge on any atom is -0.507 e. The van der Waals surface area contributed by atoms with E-state index in [9.17, 15) is 9.90 Å². The molecule has 0 atom stereocenters. The van der Waals surface area contributed by atoms with Gasteiger partial charge in [-0.1, -0.05) is 23.3 Å². The van der Waals surface area contributed by atoms with Crippen LogP contribution in [0.1, 0.15) is 61.5 Å². The minimum absolute atomic E-state index is 0.0603. The molecule has 1 aromatic carbocycles. The van der Waals surface area contributed by atoms with Gasteiger partial charge in [0.2, 0.25) is 0 Å². The third-order valence-corrected chi connectivity index (χ3v) is 3.88. The van der Waals surface area contributed by atoms with Gasteiger partial charge in [0.15, 0.2) is 0 Å². The molecule has 1 rings (SSSR count). The number of phenols is 1. The summed E-state index contributed by atoms with van der Waals surface area (Å²) in [4.78, 5) is 11.2. The highest BCUT2D eigenvalue weighted by Gasteiger charge is 2.18. The van der Waals surface area contributed by atoms with E-state index in [2.05, 4.69) is 32.9 Å². The van der Waals surface area contributed by atoms with Crippen LogP contribution >= 0.6 is 0 Å². The summed E-state index contributed by atoms with van der Waals surface area (Å²) >= 11 is 0. The van der Waals surface area contributed by atoms with Crippen molar-refractivity contribution in [1.82, 2.24) is 0 Å². The molecule has 4 heteroatoms. The molecule has 1 aromatic rings. The number of hydrogen-bond donors (Lipinski definition) is 2. The number of allylic oxidation sites excluding steroid dienone is 3. The number of ether oxygens (including phenoxy) is 1. The van der Waals surface area contributed by atoms with Crippen LogP contribution in [0.2, 0.25) is 0 Å². The topological polar surface area (TPSA) is 66.8 Å². The molecule has 4 nitrogen and oxygen atoms in total. The minimum atomic E-state index is -1.13. The Morgan fingerprint density at radius 3 is 2.42 bits per heavy atom. The van der Waals surface area contributed by atoms with E-state index in [1.807, 2.05) is 0 Å². The number of carbonyl (C=O) groups is 1. The number of carboxylic acid groups (broad SMARTS) is 1. The van der Waals surface area contributed by atoms with E-state index >= 15 is 0 Å². The molecule has 0 fully saturated rings. The maximum absolute atomic E-state index is 11.2. The zero-order valence-corrected chi connectivity index (χ0v) is 15.3. The zero-order chi connectivity index (χ0) is 18.3. The first-order valence-corrected chi connectivity index (χ1v) is 8.22. The highest BCUT2D eigenvalue weighted by atomic mass is 16.5. The fourth-order valence-electron chi connectivity index (χ4n) is 2.45. The lowest BCUT2D eigenvalue weighted by Gasteiger charge is -2.13. The second-order valence-electron chi connectivity index (χ2n) is 6.35. The standard InChI is InChI=1S/C20H28O4/c1-13(2)8-6-9-14(3)10-7-11-24-17-12-15(4)18(20(22)23)19(21)16(17)5/h8,10,12,21H,6-7,9,11H2,1-5H3,(H,22,23). The Bertz CT molecular complexity index is 650. The number of carboxylic acids is 1. The van der Waals surface area contributed by atoms with Crippen molar-refractivity contribution in [2.75, 3.05) is 6.61 Å². The summed E-state index contributed by atoms with van der Waals surface area (Å²) in [5, 5.41) is 19.2. The highest BCUT2D eigenvalue weighted by Crippen LogP contribution is 2.33. The number of aromatic hydroxyl groups is 1. The van der Waals surface area contributed by atoms with Crippen molar-refractivity contribution in [3.8, 4) is 11.5 Å². The Balaban J connectivity index is 2.63. The Morgan fingerprint density at radius 1 is 1.17 bits per heavy atom. The Kier molecular flexibility index (Phi) is 7.56. The smallest absolute Gasteiger partial charge is 0.339 e. The van der Waals surface area contributed by atoms with Crippen molar-refractivity contribution < 1.29 is 19.7 Å². The molecule has 0 spiro atoms. The van der Waals surface area contributed by atoms with E-state index in [1.54, 1.807) is 19.9 Å². The largest absolute Gasteiger partial charge is 0.507 e. The molecule has 0 aromatic heterocycles. The van der Waals surface area contributed by atoms with E-state index in [4.69, 9.17) is 9.84 Å². The highest BCUT2D eigenvalue weighted by molar-refractivity contribution is 5.93. The van der Waals surface area contributed by atoms with Crippen LogP contribution < -0.4 is 4.74 Å². The van der Waals surface area contributed by atoms with Crippen LogP contribution in [0, 0.1) is 13.8 Å². The van der Waals surface area contributed by atoms with Crippen molar-refractivity contribution in [3.63, 3.8) is 0 Å². The first kappa shape index (κ1) is 19.8. The van der Waals surface area contributed by atoms with Gasteiger partial charge in [-0.05, 0) is 65.5 Å². The summed E-state index contributed by atoms with van der Waals surface area (Å²) in [5.41, 5.74) is 3.56. The lowest BCUT2D eigenvalue weighted by molar-refractivity contribution is 0.0692. The first-order valence-electron chi connectivity index (χ1n) is 8.22. The molecule has 0 saturated heterocycles. The monoisotopic (exact) mass is 332 g/mol. The molecule has 0 bridgehead atoms. The number of hydrogen-bond acceptors (Lipinski definition) is 3. The van der Waals surface area contributed by atoms with Gasteiger partial charge in [0.25, 0.3) is 0 Å². The molecule has 132 valence electrons. The molecule has 0 unspecified atom stereocenters. The molecular formula is C20H28O4. The van der Waals surface area contributed by atoms with Crippen molar-refractivity contribution in [1.29, 1.82) is 0 Å². The average molecular weight is 332 g/mol. The SMILES string of the molecule is CC(C)=CCCC(C)=CCCOc1cc(C)c(C(=O)O)c(O)c1C. The predicted octanol–water partition coefficient (Wildman–Crippen LogP) is 5.17. The van der Waals surface area contributed by atoms with Crippen molar-refractivity contribution in [3.05, 3.63) is 46.1 Å². The molecule has 0 radical (unpaired) electrons. The predicted molar refractivity (Wildman–Crippen MR) is 97.1 cm³/mol. The van der Waals surface area contributed by atoms with Gasteiger partial charge in [-0.15, -0.1) is 0 Å². The molecule has 24 heavy (non-hydrogen) atoms. The molecule has 0 aliphatic carbocycles. The van der Waals surface area contributed by atoms with Gasteiger partial charge in [-0.2, -0.15) is 0 Å². The summed E-state index contributed by atoms with van der Waals surface area (Å²) in [7, 11) is 0. The maximum Gasteiger partial charge on any atom is 0.339 e. The number of benzene rings is 1. The Hall–Kier alpha value is -2.23. The van der Waals surface area contributed by atoms with Crippen molar-refractivity contribution >= 4 is 5.97 Å². The number of rotatable bonds is 8. The molecule has 0 aliphatic heterocycles. The second kappa shape index (κ2) is 9.16.